The van der Waals surface area contributed by atoms with Crippen LogP contribution in [0, 0.1) is 0 Å². The van der Waals surface area contributed by atoms with Gasteiger partial charge in [0.05, 0.1) is 18.4 Å². The van der Waals surface area contributed by atoms with Gasteiger partial charge in [-0.05, 0) is 25.1 Å². The third kappa shape index (κ3) is 4.00. The average molecular weight is 327 g/mol. The maximum Gasteiger partial charge on any atom is 0.416 e. The van der Waals surface area contributed by atoms with E-state index in [0.717, 1.165) is 14.0 Å². The smallest absolute Gasteiger partial charge is 0.416 e. The number of halogens is 3. The van der Waals surface area contributed by atoms with Crippen LogP contribution in [-0.4, -0.2) is 31.9 Å². The molecule has 21 heavy (non-hydrogen) atoms. The SMILES string of the molecule is COC(=O)C(C)S(=O)(=O)Nc1cc(C(F)(F)F)ccc1O. The number of sulfonamides is 1. The minimum absolute atomic E-state index is 0.427. The molecule has 10 heteroatoms. The van der Waals surface area contributed by atoms with Crippen LogP contribution in [0.3, 0.4) is 0 Å². The molecule has 1 aromatic carbocycles. The van der Waals surface area contributed by atoms with E-state index in [2.05, 4.69) is 4.74 Å². The predicted molar refractivity (Wildman–Crippen MR) is 67.1 cm³/mol. The molecule has 0 heterocycles. The van der Waals surface area contributed by atoms with E-state index in [1.54, 1.807) is 4.72 Å². The zero-order chi connectivity index (χ0) is 16.4. The van der Waals surface area contributed by atoms with E-state index in [4.69, 9.17) is 0 Å². The lowest BCUT2D eigenvalue weighted by atomic mass is 10.2. The first kappa shape index (κ1) is 17.1. The van der Waals surface area contributed by atoms with Crippen molar-refractivity contribution in [3.63, 3.8) is 0 Å². The fourth-order valence-electron chi connectivity index (χ4n) is 1.33. The van der Waals surface area contributed by atoms with Crippen molar-refractivity contribution in [3.8, 4) is 5.75 Å². The van der Waals surface area contributed by atoms with Crippen molar-refractivity contribution in [2.75, 3.05) is 11.8 Å². The summed E-state index contributed by atoms with van der Waals surface area (Å²) in [6, 6.07) is 1.72. The third-order valence-electron chi connectivity index (χ3n) is 2.57. The van der Waals surface area contributed by atoms with Crippen LogP contribution in [0.25, 0.3) is 0 Å². The van der Waals surface area contributed by atoms with Crippen molar-refractivity contribution >= 4 is 21.7 Å². The van der Waals surface area contributed by atoms with Crippen LogP contribution >= 0.6 is 0 Å². The number of methoxy groups -OCH3 is 1. The number of rotatable bonds is 4. The number of phenols is 1. The molecule has 0 saturated carbocycles. The fraction of sp³-hybridized carbons (Fsp3) is 0.364. The van der Waals surface area contributed by atoms with Gasteiger partial charge in [-0.3, -0.25) is 9.52 Å². The lowest BCUT2D eigenvalue weighted by molar-refractivity contribution is -0.140. The summed E-state index contributed by atoms with van der Waals surface area (Å²) >= 11 is 0. The van der Waals surface area contributed by atoms with Crippen molar-refractivity contribution in [3.05, 3.63) is 23.8 Å². The van der Waals surface area contributed by atoms with Crippen molar-refractivity contribution in [1.82, 2.24) is 0 Å². The molecule has 1 aromatic rings. The second-order valence-electron chi connectivity index (χ2n) is 4.04. The lowest BCUT2D eigenvalue weighted by Gasteiger charge is -2.15. The maximum atomic E-state index is 12.5. The van der Waals surface area contributed by atoms with Crippen LogP contribution in [0.15, 0.2) is 18.2 Å². The van der Waals surface area contributed by atoms with Gasteiger partial charge in [0.15, 0.2) is 5.25 Å². The molecule has 0 saturated heterocycles. The Labute approximate surface area is 118 Å². The van der Waals surface area contributed by atoms with E-state index in [-0.39, 0.29) is 0 Å². The Hall–Kier alpha value is -1.97. The van der Waals surface area contributed by atoms with Gasteiger partial charge in [-0.15, -0.1) is 0 Å². The zero-order valence-corrected chi connectivity index (χ0v) is 11.7. The molecule has 0 aromatic heterocycles. The monoisotopic (exact) mass is 327 g/mol. The van der Waals surface area contributed by atoms with Crippen molar-refractivity contribution in [1.29, 1.82) is 0 Å². The van der Waals surface area contributed by atoms with Gasteiger partial charge in [0.1, 0.15) is 5.75 Å². The topological polar surface area (TPSA) is 92.7 Å². The first-order valence-corrected chi connectivity index (χ1v) is 7.03. The molecule has 0 fully saturated rings. The second-order valence-corrected chi connectivity index (χ2v) is 6.04. The maximum absolute atomic E-state index is 12.5. The number of carbonyl (C=O) groups is 1. The summed E-state index contributed by atoms with van der Waals surface area (Å²) in [6.45, 7) is 0.999. The van der Waals surface area contributed by atoms with Crippen molar-refractivity contribution in [2.45, 2.75) is 18.3 Å². The van der Waals surface area contributed by atoms with Crippen LogP contribution in [0.1, 0.15) is 12.5 Å². The van der Waals surface area contributed by atoms with Gasteiger partial charge in [-0.2, -0.15) is 13.2 Å². The summed E-state index contributed by atoms with van der Waals surface area (Å²) in [7, 11) is -3.39. The molecule has 0 bridgehead atoms. The zero-order valence-electron chi connectivity index (χ0n) is 10.9. The molecule has 118 valence electrons. The summed E-state index contributed by atoms with van der Waals surface area (Å²) in [6.07, 6.45) is -4.71. The number of ether oxygens (including phenoxy) is 1. The highest BCUT2D eigenvalue weighted by Crippen LogP contribution is 2.35. The van der Waals surface area contributed by atoms with E-state index in [0.29, 0.717) is 18.2 Å². The van der Waals surface area contributed by atoms with Crippen LogP contribution in [0.4, 0.5) is 18.9 Å². The van der Waals surface area contributed by atoms with Crippen LogP contribution in [0.5, 0.6) is 5.75 Å². The molecule has 0 amide bonds. The van der Waals surface area contributed by atoms with Crippen molar-refractivity contribution in [2.24, 2.45) is 0 Å². The quantitative estimate of drug-likeness (QED) is 0.649. The van der Waals surface area contributed by atoms with Crippen LogP contribution < -0.4 is 4.72 Å². The molecule has 1 rings (SSSR count). The summed E-state index contributed by atoms with van der Waals surface area (Å²) < 4.78 is 67.2. The third-order valence-corrected chi connectivity index (χ3v) is 4.20. The highest BCUT2D eigenvalue weighted by molar-refractivity contribution is 7.94. The molecular weight excluding hydrogens is 315 g/mol. The van der Waals surface area contributed by atoms with E-state index in [9.17, 15) is 31.5 Å². The molecular formula is C11H12F3NO5S. The number of hydrogen-bond acceptors (Lipinski definition) is 5. The van der Waals surface area contributed by atoms with Gasteiger partial charge in [0.25, 0.3) is 0 Å². The van der Waals surface area contributed by atoms with Gasteiger partial charge in [0.2, 0.25) is 10.0 Å². The van der Waals surface area contributed by atoms with E-state index in [1.165, 1.54) is 0 Å². The number of nitrogens with one attached hydrogen (secondary N) is 1. The summed E-state index contributed by atoms with van der Waals surface area (Å²) in [5, 5.41) is 7.78. The second kappa shape index (κ2) is 5.80. The number of carbonyl (C=O) groups excluding carboxylic acids is 1. The number of esters is 1. The molecule has 1 atom stereocenters. The van der Waals surface area contributed by atoms with Gasteiger partial charge in [-0.1, -0.05) is 0 Å². The first-order chi connectivity index (χ1) is 9.49. The number of alkyl halides is 3. The van der Waals surface area contributed by atoms with E-state index < -0.39 is 44.4 Å². The molecule has 0 radical (unpaired) electrons. The highest BCUT2D eigenvalue weighted by Gasteiger charge is 2.33. The lowest BCUT2D eigenvalue weighted by Crippen LogP contribution is -2.33. The molecule has 0 aliphatic heterocycles. The molecule has 2 N–H and O–H groups in total. The van der Waals surface area contributed by atoms with E-state index in [1.807, 2.05) is 0 Å². The number of hydrogen-bond donors (Lipinski definition) is 2. The molecule has 0 spiro atoms. The normalized spacial score (nSPS) is 13.6. The first-order valence-electron chi connectivity index (χ1n) is 5.48. The fourth-order valence-corrected chi connectivity index (χ4v) is 2.32. The van der Waals surface area contributed by atoms with Gasteiger partial charge < -0.3 is 9.84 Å². The van der Waals surface area contributed by atoms with E-state index >= 15 is 0 Å². The number of phenolic OH excluding ortho intramolecular Hbond substituents is 1. The van der Waals surface area contributed by atoms with Gasteiger partial charge in [-0.25, -0.2) is 8.42 Å². The van der Waals surface area contributed by atoms with Gasteiger partial charge in [0, 0.05) is 0 Å². The Balaban J connectivity index is 3.16. The highest BCUT2D eigenvalue weighted by atomic mass is 32.2. The van der Waals surface area contributed by atoms with Crippen LogP contribution in [0.2, 0.25) is 0 Å². The molecule has 0 aliphatic rings. The Morgan fingerprint density at radius 3 is 2.43 bits per heavy atom. The number of aromatic hydroxyl groups is 1. The number of benzene rings is 1. The molecule has 0 aliphatic carbocycles. The summed E-state index contributed by atoms with van der Waals surface area (Å²) in [5.41, 5.74) is -1.83. The molecule has 1 unspecified atom stereocenters. The Morgan fingerprint density at radius 1 is 1.38 bits per heavy atom. The van der Waals surface area contributed by atoms with Crippen molar-refractivity contribution < 1.29 is 36.2 Å². The predicted octanol–water partition coefficient (Wildman–Crippen LogP) is 1.71. The Morgan fingerprint density at radius 2 is 1.95 bits per heavy atom. The molecule has 6 nitrogen and oxygen atoms in total. The largest absolute Gasteiger partial charge is 0.506 e. The minimum Gasteiger partial charge on any atom is -0.506 e. The minimum atomic E-state index is -4.71. The van der Waals surface area contributed by atoms with Gasteiger partial charge >= 0.3 is 12.1 Å². The summed E-state index contributed by atoms with van der Waals surface area (Å²) in [4.78, 5) is 11.2. The standard InChI is InChI=1S/C11H12F3NO5S/c1-6(10(17)20-2)21(18,19)15-8-5-7(11(12,13)14)3-4-9(8)16/h3-6,15-16H,1-2H3. The number of anilines is 1. The van der Waals surface area contributed by atoms with Crippen LogP contribution in [-0.2, 0) is 25.7 Å². The summed E-state index contributed by atoms with van der Waals surface area (Å²) in [5.74, 6) is -1.79. The Bertz CT molecular complexity index is 642. The average Bonchev–Trinajstić information content (AvgIpc) is 2.37. The Kier molecular flexibility index (Phi) is 4.72.